The van der Waals surface area contributed by atoms with Gasteiger partial charge in [0, 0.05) is 13.1 Å². The molecule has 0 bridgehead atoms. The molecule has 1 saturated heterocycles. The Morgan fingerprint density at radius 3 is 2.57 bits per heavy atom. The van der Waals surface area contributed by atoms with Crippen LogP contribution in [0.3, 0.4) is 0 Å². The molecule has 0 spiro atoms. The van der Waals surface area contributed by atoms with E-state index >= 15 is 0 Å². The van der Waals surface area contributed by atoms with Crippen LogP contribution in [0.15, 0.2) is 23.7 Å². The molecule has 0 aromatic heterocycles. The van der Waals surface area contributed by atoms with E-state index in [-0.39, 0.29) is 18.3 Å². The maximum atomic E-state index is 6.12. The molecule has 4 nitrogen and oxygen atoms in total. The van der Waals surface area contributed by atoms with Crippen LogP contribution in [0.5, 0.6) is 0 Å². The molecule has 124 valence electrons. The molecule has 2 aliphatic heterocycles. The zero-order valence-corrected chi connectivity index (χ0v) is 14.6. The summed E-state index contributed by atoms with van der Waals surface area (Å²) in [4.78, 5) is 0. The van der Waals surface area contributed by atoms with Crippen molar-refractivity contribution in [1.29, 1.82) is 0 Å². The van der Waals surface area contributed by atoms with Crippen molar-refractivity contribution in [3.8, 4) is 0 Å². The lowest BCUT2D eigenvalue weighted by atomic mass is 9.77. The molecule has 0 radical (unpaired) electrons. The highest BCUT2D eigenvalue weighted by molar-refractivity contribution is 6.55. The van der Waals surface area contributed by atoms with Gasteiger partial charge in [-0.2, -0.15) is 0 Å². The molecular weight excluding hydrogens is 287 g/mol. The standard InChI is InChI=1S/C18H27BN2O2/c1-17(2)18(3,4)23-19(22-17)16(11-20)10-13-5-6-15-12-21-8-7-14(15)9-13/h5-6,9-10,21H,7-8,11-12,20H2,1-4H3. The lowest BCUT2D eigenvalue weighted by Gasteiger charge is -2.32. The topological polar surface area (TPSA) is 56.5 Å². The fourth-order valence-electron chi connectivity index (χ4n) is 3.02. The number of hydrogen-bond acceptors (Lipinski definition) is 4. The van der Waals surface area contributed by atoms with Crippen LogP contribution < -0.4 is 11.1 Å². The van der Waals surface area contributed by atoms with Gasteiger partial charge >= 0.3 is 7.12 Å². The number of hydrogen-bond donors (Lipinski definition) is 2. The average Bonchev–Trinajstić information content (AvgIpc) is 2.72. The maximum absolute atomic E-state index is 6.12. The summed E-state index contributed by atoms with van der Waals surface area (Å²) >= 11 is 0. The van der Waals surface area contributed by atoms with Gasteiger partial charge in [0.1, 0.15) is 0 Å². The molecule has 3 rings (SSSR count). The Balaban J connectivity index is 1.85. The zero-order valence-electron chi connectivity index (χ0n) is 14.6. The van der Waals surface area contributed by atoms with Gasteiger partial charge in [0.15, 0.2) is 0 Å². The van der Waals surface area contributed by atoms with Crippen LogP contribution in [-0.4, -0.2) is 31.4 Å². The Morgan fingerprint density at radius 1 is 1.22 bits per heavy atom. The number of benzene rings is 1. The van der Waals surface area contributed by atoms with E-state index in [9.17, 15) is 0 Å². The first-order valence-electron chi connectivity index (χ1n) is 8.41. The summed E-state index contributed by atoms with van der Waals surface area (Å²) in [5.74, 6) is 0. The zero-order chi connectivity index (χ0) is 16.7. The van der Waals surface area contributed by atoms with E-state index in [0.29, 0.717) is 6.54 Å². The average molecular weight is 314 g/mol. The highest BCUT2D eigenvalue weighted by atomic mass is 16.7. The molecule has 2 aliphatic rings. The molecular formula is C18H27BN2O2. The van der Waals surface area contributed by atoms with Gasteiger partial charge in [-0.25, -0.2) is 0 Å². The molecule has 2 heterocycles. The smallest absolute Gasteiger partial charge is 0.400 e. The summed E-state index contributed by atoms with van der Waals surface area (Å²) in [6.07, 6.45) is 3.19. The normalized spacial score (nSPS) is 23.0. The third-order valence-electron chi connectivity index (χ3n) is 5.26. The highest BCUT2D eigenvalue weighted by Gasteiger charge is 2.52. The van der Waals surface area contributed by atoms with Gasteiger partial charge in [0.05, 0.1) is 11.2 Å². The van der Waals surface area contributed by atoms with Crippen molar-refractivity contribution in [2.75, 3.05) is 13.1 Å². The Bertz CT molecular complexity index is 609. The molecule has 1 aromatic rings. The molecule has 0 aliphatic carbocycles. The highest BCUT2D eigenvalue weighted by Crippen LogP contribution is 2.38. The number of nitrogens with one attached hydrogen (secondary N) is 1. The summed E-state index contributed by atoms with van der Waals surface area (Å²) in [6, 6.07) is 6.61. The van der Waals surface area contributed by atoms with E-state index in [4.69, 9.17) is 15.0 Å². The van der Waals surface area contributed by atoms with E-state index in [2.05, 4.69) is 57.3 Å². The molecule has 0 amide bonds. The second kappa shape index (κ2) is 6.06. The van der Waals surface area contributed by atoms with Crippen LogP contribution in [0.1, 0.15) is 44.4 Å². The lowest BCUT2D eigenvalue weighted by Crippen LogP contribution is -2.41. The van der Waals surface area contributed by atoms with Gasteiger partial charge in [0.2, 0.25) is 0 Å². The molecule has 3 N–H and O–H groups in total. The number of rotatable bonds is 3. The number of nitrogens with two attached hydrogens (primary N) is 1. The minimum Gasteiger partial charge on any atom is -0.400 e. The van der Waals surface area contributed by atoms with Crippen LogP contribution in [0.25, 0.3) is 6.08 Å². The van der Waals surface area contributed by atoms with E-state index < -0.39 is 0 Å². The van der Waals surface area contributed by atoms with Crippen LogP contribution in [0.2, 0.25) is 0 Å². The van der Waals surface area contributed by atoms with Crippen molar-refractivity contribution in [3.05, 3.63) is 40.4 Å². The molecule has 1 aromatic carbocycles. The second-order valence-electron chi connectivity index (χ2n) is 7.47. The molecule has 23 heavy (non-hydrogen) atoms. The van der Waals surface area contributed by atoms with Crippen LogP contribution in [0.4, 0.5) is 0 Å². The maximum Gasteiger partial charge on any atom is 0.491 e. The summed E-state index contributed by atoms with van der Waals surface area (Å²) in [5.41, 5.74) is 10.3. The van der Waals surface area contributed by atoms with Crippen molar-refractivity contribution < 1.29 is 9.31 Å². The van der Waals surface area contributed by atoms with Gasteiger partial charge in [-0.1, -0.05) is 24.3 Å². The van der Waals surface area contributed by atoms with Crippen LogP contribution in [-0.2, 0) is 22.3 Å². The predicted molar refractivity (Wildman–Crippen MR) is 95.0 cm³/mol. The second-order valence-corrected chi connectivity index (χ2v) is 7.47. The summed E-state index contributed by atoms with van der Waals surface area (Å²) in [5, 5.41) is 3.40. The summed E-state index contributed by atoms with van der Waals surface area (Å²) < 4.78 is 12.2. The first kappa shape index (κ1) is 16.7. The van der Waals surface area contributed by atoms with Crippen molar-refractivity contribution in [1.82, 2.24) is 5.32 Å². The largest absolute Gasteiger partial charge is 0.491 e. The molecule has 0 atom stereocenters. The van der Waals surface area contributed by atoms with Crippen LogP contribution in [0, 0.1) is 0 Å². The van der Waals surface area contributed by atoms with Crippen molar-refractivity contribution >= 4 is 13.2 Å². The van der Waals surface area contributed by atoms with E-state index in [1.54, 1.807) is 0 Å². The minimum absolute atomic E-state index is 0.340. The van der Waals surface area contributed by atoms with Crippen LogP contribution >= 0.6 is 0 Å². The van der Waals surface area contributed by atoms with E-state index in [0.717, 1.165) is 25.0 Å². The predicted octanol–water partition coefficient (Wildman–Crippen LogP) is 2.31. The van der Waals surface area contributed by atoms with Crippen molar-refractivity contribution in [3.63, 3.8) is 0 Å². The third-order valence-corrected chi connectivity index (χ3v) is 5.26. The van der Waals surface area contributed by atoms with Gasteiger partial charge in [-0.3, -0.25) is 0 Å². The van der Waals surface area contributed by atoms with Gasteiger partial charge in [-0.15, -0.1) is 0 Å². The van der Waals surface area contributed by atoms with Gasteiger partial charge < -0.3 is 20.4 Å². The molecule has 0 unspecified atom stereocenters. The monoisotopic (exact) mass is 314 g/mol. The summed E-state index contributed by atoms with van der Waals surface area (Å²) in [6.45, 7) is 10.7. The molecule has 5 heteroatoms. The van der Waals surface area contributed by atoms with Gasteiger partial charge in [0.25, 0.3) is 0 Å². The van der Waals surface area contributed by atoms with Crippen molar-refractivity contribution in [2.24, 2.45) is 5.73 Å². The van der Waals surface area contributed by atoms with E-state index in [1.807, 2.05) is 0 Å². The fraction of sp³-hybridized carbons (Fsp3) is 0.556. The fourth-order valence-corrected chi connectivity index (χ4v) is 3.02. The van der Waals surface area contributed by atoms with E-state index in [1.165, 1.54) is 16.7 Å². The molecule has 1 fully saturated rings. The van der Waals surface area contributed by atoms with Crippen molar-refractivity contribution in [2.45, 2.75) is 51.9 Å². The first-order chi connectivity index (χ1) is 10.8. The third kappa shape index (κ3) is 3.24. The summed E-state index contributed by atoms with van der Waals surface area (Å²) in [7, 11) is -0.373. The lowest BCUT2D eigenvalue weighted by molar-refractivity contribution is 0.00578. The number of fused-ring (bicyclic) bond motifs is 1. The van der Waals surface area contributed by atoms with Gasteiger partial charge in [-0.05, 0) is 62.8 Å². The minimum atomic E-state index is -0.373. The Morgan fingerprint density at radius 2 is 1.91 bits per heavy atom. The Kier molecular flexibility index (Phi) is 4.40. The Labute approximate surface area is 139 Å². The SMILES string of the molecule is CC1(C)OB(C(=Cc2ccc3c(c2)CCNC3)CN)OC1(C)C. The first-order valence-corrected chi connectivity index (χ1v) is 8.41. The molecule has 0 saturated carbocycles. The quantitative estimate of drug-likeness (QED) is 0.841. The Hall–Kier alpha value is -1.14.